The molecule has 2 aromatic carbocycles. The van der Waals surface area contributed by atoms with Gasteiger partial charge in [-0.2, -0.15) is 0 Å². The quantitative estimate of drug-likeness (QED) is 0.496. The highest BCUT2D eigenvalue weighted by Crippen LogP contribution is 2.26. The van der Waals surface area contributed by atoms with Crippen LogP contribution in [0.4, 0.5) is 5.69 Å². The molecule has 31 heavy (non-hydrogen) atoms. The molecular weight excluding hydrogens is 460 g/mol. The molecule has 1 saturated heterocycles. The number of halogens is 1. The number of hydrogen-bond donors (Lipinski definition) is 1. The van der Waals surface area contributed by atoms with Gasteiger partial charge < -0.3 is 19.7 Å². The normalized spacial score (nSPS) is 13.7. The first kappa shape index (κ1) is 23.3. The molecule has 2 aromatic rings. The Balaban J connectivity index is 1.74. The molecule has 1 N–H and O–H groups in total. The summed E-state index contributed by atoms with van der Waals surface area (Å²) in [5.74, 6) is 0.113. The third kappa shape index (κ3) is 6.55. The van der Waals surface area contributed by atoms with E-state index >= 15 is 0 Å². The van der Waals surface area contributed by atoms with Crippen LogP contribution in [0.25, 0.3) is 0 Å². The monoisotopic (exact) mass is 488 g/mol. The van der Waals surface area contributed by atoms with Crippen LogP contribution in [0.5, 0.6) is 5.75 Å². The van der Waals surface area contributed by atoms with Crippen molar-refractivity contribution in [3.05, 3.63) is 58.1 Å². The van der Waals surface area contributed by atoms with Crippen LogP contribution in [0.2, 0.25) is 0 Å². The largest absolute Gasteiger partial charge is 0.493 e. The Hall–Kier alpha value is -2.38. The van der Waals surface area contributed by atoms with Gasteiger partial charge in [0.2, 0.25) is 0 Å². The van der Waals surface area contributed by atoms with Gasteiger partial charge in [0.1, 0.15) is 5.75 Å². The van der Waals surface area contributed by atoms with Crippen molar-refractivity contribution in [2.75, 3.05) is 38.2 Å². The molecule has 0 bridgehead atoms. The summed E-state index contributed by atoms with van der Waals surface area (Å²) < 4.78 is 12.0. The second-order valence-electron chi connectivity index (χ2n) is 7.45. The molecule has 0 aliphatic carbocycles. The van der Waals surface area contributed by atoms with Gasteiger partial charge in [-0.15, -0.1) is 0 Å². The number of anilines is 1. The van der Waals surface area contributed by atoms with E-state index in [0.29, 0.717) is 55.5 Å². The maximum absolute atomic E-state index is 13.1. The van der Waals surface area contributed by atoms with E-state index in [4.69, 9.17) is 9.47 Å². The van der Waals surface area contributed by atoms with E-state index < -0.39 is 0 Å². The maximum Gasteiger partial charge on any atom is 0.259 e. The lowest BCUT2D eigenvalue weighted by Crippen LogP contribution is -2.41. The van der Waals surface area contributed by atoms with Crippen molar-refractivity contribution in [1.82, 2.24) is 4.90 Å². The number of nitrogens with one attached hydrogen (secondary N) is 1. The number of ether oxygens (including phenoxy) is 2. The van der Waals surface area contributed by atoms with Gasteiger partial charge in [0.05, 0.1) is 36.6 Å². The standard InChI is InChI=1S/C24H29BrN2O4/c1-2-3-4-7-14-31-22-11-10-18(25)17-20(22)23(28)26-21-9-6-5-8-19(21)24(29)27-12-15-30-16-13-27/h5-6,8-11,17H,2-4,7,12-16H2,1H3,(H,26,28). The Labute approximate surface area is 192 Å². The highest BCUT2D eigenvalue weighted by Gasteiger charge is 2.22. The Morgan fingerprint density at radius 1 is 1.06 bits per heavy atom. The number of morpholine rings is 1. The van der Waals surface area contributed by atoms with Crippen LogP contribution >= 0.6 is 15.9 Å². The number of hydrogen-bond acceptors (Lipinski definition) is 4. The van der Waals surface area contributed by atoms with E-state index in [1.54, 1.807) is 41.3 Å². The van der Waals surface area contributed by atoms with E-state index in [9.17, 15) is 9.59 Å². The predicted molar refractivity (Wildman–Crippen MR) is 125 cm³/mol. The van der Waals surface area contributed by atoms with Crippen molar-refractivity contribution in [2.24, 2.45) is 0 Å². The number of unbranched alkanes of at least 4 members (excludes halogenated alkanes) is 3. The summed E-state index contributed by atoms with van der Waals surface area (Å²) in [7, 11) is 0. The maximum atomic E-state index is 13.1. The van der Waals surface area contributed by atoms with E-state index in [2.05, 4.69) is 28.2 Å². The summed E-state index contributed by atoms with van der Waals surface area (Å²) in [5, 5.41) is 2.91. The zero-order chi connectivity index (χ0) is 22.1. The summed E-state index contributed by atoms with van der Waals surface area (Å²) in [6, 6.07) is 12.5. The Morgan fingerprint density at radius 2 is 1.84 bits per heavy atom. The summed E-state index contributed by atoms with van der Waals surface area (Å²) >= 11 is 3.43. The number of amides is 2. The zero-order valence-electron chi connectivity index (χ0n) is 17.9. The molecule has 6 nitrogen and oxygen atoms in total. The molecule has 1 heterocycles. The minimum absolute atomic E-state index is 0.110. The third-order valence-corrected chi connectivity index (χ3v) is 5.64. The SMILES string of the molecule is CCCCCCOc1ccc(Br)cc1C(=O)Nc1ccccc1C(=O)N1CCOCC1. The summed E-state index contributed by atoms with van der Waals surface area (Å²) in [6.07, 6.45) is 4.38. The third-order valence-electron chi connectivity index (χ3n) is 5.15. The molecule has 1 aliphatic rings. The highest BCUT2D eigenvalue weighted by molar-refractivity contribution is 9.10. The summed E-state index contributed by atoms with van der Waals surface area (Å²) in [5.41, 5.74) is 1.38. The molecule has 0 unspecified atom stereocenters. The first-order valence-electron chi connectivity index (χ1n) is 10.8. The number of nitrogens with zero attached hydrogens (tertiary/aromatic N) is 1. The molecule has 1 fully saturated rings. The number of carbonyl (C=O) groups excluding carboxylic acids is 2. The molecule has 0 atom stereocenters. The van der Waals surface area contributed by atoms with Crippen molar-refractivity contribution in [3.63, 3.8) is 0 Å². The zero-order valence-corrected chi connectivity index (χ0v) is 19.4. The Bertz CT molecular complexity index is 897. The van der Waals surface area contributed by atoms with Crippen LogP contribution in [0.15, 0.2) is 46.9 Å². The molecular formula is C24H29BrN2O4. The first-order valence-corrected chi connectivity index (χ1v) is 11.6. The lowest BCUT2D eigenvalue weighted by atomic mass is 10.1. The second kappa shape index (κ2) is 11.9. The van der Waals surface area contributed by atoms with Gasteiger partial charge in [-0.05, 0) is 36.8 Å². The van der Waals surface area contributed by atoms with Crippen molar-refractivity contribution in [3.8, 4) is 5.75 Å². The molecule has 1 aliphatic heterocycles. The smallest absolute Gasteiger partial charge is 0.259 e. The van der Waals surface area contributed by atoms with Crippen LogP contribution in [0, 0.1) is 0 Å². The summed E-state index contributed by atoms with van der Waals surface area (Å²) in [4.78, 5) is 27.8. The van der Waals surface area contributed by atoms with Crippen molar-refractivity contribution in [1.29, 1.82) is 0 Å². The number of carbonyl (C=O) groups is 2. The number of benzene rings is 2. The van der Waals surface area contributed by atoms with Crippen molar-refractivity contribution >= 4 is 33.4 Å². The lowest BCUT2D eigenvalue weighted by molar-refractivity contribution is 0.0303. The Morgan fingerprint density at radius 3 is 2.61 bits per heavy atom. The van der Waals surface area contributed by atoms with Gasteiger partial charge in [-0.25, -0.2) is 0 Å². The van der Waals surface area contributed by atoms with Crippen molar-refractivity contribution < 1.29 is 19.1 Å². The molecule has 0 spiro atoms. The van der Waals surface area contributed by atoms with Crippen LogP contribution < -0.4 is 10.1 Å². The van der Waals surface area contributed by atoms with Gasteiger partial charge in [-0.1, -0.05) is 54.2 Å². The minimum atomic E-state index is -0.313. The average molecular weight is 489 g/mol. The fourth-order valence-electron chi connectivity index (χ4n) is 3.42. The van der Waals surface area contributed by atoms with Gasteiger partial charge in [-0.3, -0.25) is 9.59 Å². The van der Waals surface area contributed by atoms with Gasteiger partial charge in [0.15, 0.2) is 0 Å². The fourth-order valence-corrected chi connectivity index (χ4v) is 3.78. The Kier molecular flexibility index (Phi) is 8.91. The van der Waals surface area contributed by atoms with E-state index in [1.165, 1.54) is 6.42 Å². The first-order chi connectivity index (χ1) is 15.1. The topological polar surface area (TPSA) is 67.9 Å². The molecule has 0 aromatic heterocycles. The highest BCUT2D eigenvalue weighted by atomic mass is 79.9. The number of rotatable bonds is 9. The molecule has 0 saturated carbocycles. The van der Waals surface area contributed by atoms with Gasteiger partial charge >= 0.3 is 0 Å². The van der Waals surface area contributed by atoms with Crippen LogP contribution in [-0.4, -0.2) is 49.6 Å². The minimum Gasteiger partial charge on any atom is -0.493 e. The molecule has 7 heteroatoms. The summed E-state index contributed by atoms with van der Waals surface area (Å²) in [6.45, 7) is 4.87. The average Bonchev–Trinajstić information content (AvgIpc) is 2.80. The van der Waals surface area contributed by atoms with Gasteiger partial charge in [0.25, 0.3) is 11.8 Å². The molecule has 2 amide bonds. The van der Waals surface area contributed by atoms with Crippen molar-refractivity contribution in [2.45, 2.75) is 32.6 Å². The molecule has 3 rings (SSSR count). The second-order valence-corrected chi connectivity index (χ2v) is 8.37. The molecule has 166 valence electrons. The number of para-hydroxylation sites is 1. The lowest BCUT2D eigenvalue weighted by Gasteiger charge is -2.27. The molecule has 0 radical (unpaired) electrons. The predicted octanol–water partition coefficient (Wildman–Crippen LogP) is 5.13. The van der Waals surface area contributed by atoms with Crippen LogP contribution in [0.1, 0.15) is 53.3 Å². The van der Waals surface area contributed by atoms with E-state index in [-0.39, 0.29) is 11.8 Å². The van der Waals surface area contributed by atoms with Crippen LogP contribution in [-0.2, 0) is 4.74 Å². The van der Waals surface area contributed by atoms with Gasteiger partial charge in [0, 0.05) is 17.6 Å². The van der Waals surface area contributed by atoms with E-state index in [0.717, 1.165) is 23.7 Å². The fraction of sp³-hybridized carbons (Fsp3) is 0.417. The van der Waals surface area contributed by atoms with Crippen LogP contribution in [0.3, 0.4) is 0 Å². The van der Waals surface area contributed by atoms with E-state index in [1.807, 2.05) is 6.07 Å².